The van der Waals surface area contributed by atoms with Crippen molar-refractivity contribution in [2.45, 2.75) is 28.6 Å². The zero-order valence-corrected chi connectivity index (χ0v) is 14.9. The Labute approximate surface area is 154 Å². The zero-order valence-electron chi connectivity index (χ0n) is 14.0. The van der Waals surface area contributed by atoms with Crippen LogP contribution in [-0.2, 0) is 11.8 Å². The molecule has 3 N–H and O–H groups in total. The Balaban J connectivity index is 1.34. The molecule has 1 aliphatic rings. The second-order valence-electron chi connectivity index (χ2n) is 5.99. The maximum absolute atomic E-state index is 12.4. The summed E-state index contributed by atoms with van der Waals surface area (Å²) in [6.45, 7) is 0. The summed E-state index contributed by atoms with van der Waals surface area (Å²) < 4.78 is 7.24. The lowest BCUT2D eigenvalue weighted by Crippen LogP contribution is -2.39. The first-order valence-corrected chi connectivity index (χ1v) is 8.98. The van der Waals surface area contributed by atoms with Gasteiger partial charge in [0.05, 0.1) is 12.3 Å². The summed E-state index contributed by atoms with van der Waals surface area (Å²) in [7, 11) is 1.90. The molecule has 1 fully saturated rings. The van der Waals surface area contributed by atoms with E-state index in [4.69, 9.17) is 4.42 Å². The Morgan fingerprint density at radius 2 is 2.15 bits per heavy atom. The summed E-state index contributed by atoms with van der Waals surface area (Å²) >= 11 is 1.52. The zero-order chi connectivity index (χ0) is 17.9. The summed E-state index contributed by atoms with van der Waals surface area (Å²) in [6.07, 6.45) is 3.92. The van der Waals surface area contributed by atoms with Crippen molar-refractivity contribution in [3.8, 4) is 0 Å². The first-order chi connectivity index (χ1) is 12.7. The lowest BCUT2D eigenvalue weighted by atomic mass is 10.1. The molecule has 1 aromatic carbocycles. The fourth-order valence-electron chi connectivity index (χ4n) is 2.71. The van der Waals surface area contributed by atoms with Gasteiger partial charge in [0, 0.05) is 17.6 Å². The van der Waals surface area contributed by atoms with Gasteiger partial charge in [-0.1, -0.05) is 0 Å². The van der Waals surface area contributed by atoms with Crippen LogP contribution < -0.4 is 16.2 Å². The molecule has 0 bridgehead atoms. The van der Waals surface area contributed by atoms with Gasteiger partial charge < -0.3 is 14.3 Å². The van der Waals surface area contributed by atoms with Crippen molar-refractivity contribution < 1.29 is 9.21 Å². The number of hydrogen-bond acceptors (Lipinski definition) is 7. The maximum Gasteiger partial charge on any atom is 0.242 e. The van der Waals surface area contributed by atoms with Crippen molar-refractivity contribution in [1.82, 2.24) is 25.6 Å². The summed E-state index contributed by atoms with van der Waals surface area (Å²) in [5.41, 5.74) is 6.86. The number of nitrogens with zero attached hydrogens (tertiary/aromatic N) is 3. The SMILES string of the molecule is Cn1cnnc1Sc1ccc(NC(=O)C2CC(c3ccco3)NN2)cc1. The largest absolute Gasteiger partial charge is 0.468 e. The minimum atomic E-state index is -0.321. The Morgan fingerprint density at radius 3 is 2.85 bits per heavy atom. The van der Waals surface area contributed by atoms with Crippen LogP contribution in [0.2, 0.25) is 0 Å². The number of aromatic nitrogens is 3. The van der Waals surface area contributed by atoms with E-state index in [0.717, 1.165) is 21.5 Å². The van der Waals surface area contributed by atoms with Crippen LogP contribution in [0, 0.1) is 0 Å². The highest BCUT2D eigenvalue weighted by Gasteiger charge is 2.31. The smallest absolute Gasteiger partial charge is 0.242 e. The highest BCUT2D eigenvalue weighted by atomic mass is 32.2. The topological polar surface area (TPSA) is 97.0 Å². The number of carbonyl (C=O) groups excluding carboxylic acids is 1. The molecule has 1 aliphatic heterocycles. The molecule has 3 heterocycles. The van der Waals surface area contributed by atoms with Crippen molar-refractivity contribution >= 4 is 23.4 Å². The minimum absolute atomic E-state index is 0.00841. The van der Waals surface area contributed by atoms with Gasteiger partial charge in [-0.2, -0.15) is 0 Å². The molecule has 2 atom stereocenters. The van der Waals surface area contributed by atoms with Gasteiger partial charge in [0.1, 0.15) is 18.1 Å². The molecule has 3 aromatic rings. The van der Waals surface area contributed by atoms with E-state index in [1.165, 1.54) is 11.8 Å². The quantitative estimate of drug-likeness (QED) is 0.633. The molecular formula is C17H18N6O2S. The number of carbonyl (C=O) groups is 1. The van der Waals surface area contributed by atoms with E-state index in [2.05, 4.69) is 26.4 Å². The third-order valence-corrected chi connectivity index (χ3v) is 5.17. The number of furan rings is 1. The fraction of sp³-hybridized carbons (Fsp3) is 0.235. The van der Waals surface area contributed by atoms with Gasteiger partial charge in [-0.25, -0.2) is 10.9 Å². The molecule has 26 heavy (non-hydrogen) atoms. The molecule has 0 saturated carbocycles. The Bertz CT molecular complexity index is 877. The molecule has 8 nitrogen and oxygen atoms in total. The molecule has 2 aromatic heterocycles. The van der Waals surface area contributed by atoms with E-state index in [1.54, 1.807) is 12.6 Å². The van der Waals surface area contributed by atoms with E-state index in [9.17, 15) is 4.79 Å². The van der Waals surface area contributed by atoms with Crippen molar-refractivity contribution in [3.05, 3.63) is 54.7 Å². The Hall–Kier alpha value is -2.62. The summed E-state index contributed by atoms with van der Waals surface area (Å²) in [6, 6.07) is 11.1. The van der Waals surface area contributed by atoms with Crippen LogP contribution >= 0.6 is 11.8 Å². The standard InChI is InChI=1S/C17H18N6O2S/c1-23-10-18-22-17(23)26-12-6-4-11(5-7-12)19-16(24)14-9-13(20-21-14)15-3-2-8-25-15/h2-8,10,13-14,20-21H,9H2,1H3,(H,19,24). The number of nitrogens with one attached hydrogen (secondary N) is 3. The molecule has 0 radical (unpaired) electrons. The molecule has 2 unspecified atom stereocenters. The molecule has 9 heteroatoms. The van der Waals surface area contributed by atoms with Gasteiger partial charge >= 0.3 is 0 Å². The van der Waals surface area contributed by atoms with Crippen LogP contribution in [-0.4, -0.2) is 26.7 Å². The van der Waals surface area contributed by atoms with Crippen molar-refractivity contribution in [2.75, 3.05) is 5.32 Å². The van der Waals surface area contributed by atoms with Gasteiger partial charge in [-0.15, -0.1) is 10.2 Å². The predicted octanol–water partition coefficient (Wildman–Crippen LogP) is 2.11. The minimum Gasteiger partial charge on any atom is -0.468 e. The van der Waals surface area contributed by atoms with E-state index >= 15 is 0 Å². The van der Waals surface area contributed by atoms with Gasteiger partial charge in [-0.05, 0) is 54.6 Å². The number of rotatable bonds is 5. The van der Waals surface area contributed by atoms with Gasteiger partial charge in [0.15, 0.2) is 5.16 Å². The number of hydrogen-bond donors (Lipinski definition) is 3. The molecule has 1 amide bonds. The van der Waals surface area contributed by atoms with E-state index < -0.39 is 0 Å². The van der Waals surface area contributed by atoms with Gasteiger partial charge in [0.2, 0.25) is 5.91 Å². The van der Waals surface area contributed by atoms with E-state index in [0.29, 0.717) is 6.42 Å². The average molecular weight is 370 g/mol. The van der Waals surface area contributed by atoms with E-state index in [1.807, 2.05) is 48.0 Å². The molecular weight excluding hydrogens is 352 g/mol. The number of aryl methyl sites for hydroxylation is 1. The van der Waals surface area contributed by atoms with Gasteiger partial charge in [-0.3, -0.25) is 4.79 Å². The second-order valence-corrected chi connectivity index (χ2v) is 7.03. The number of anilines is 1. The average Bonchev–Trinajstić information content (AvgIpc) is 3.38. The molecule has 0 aliphatic carbocycles. The first kappa shape index (κ1) is 16.8. The van der Waals surface area contributed by atoms with Crippen molar-refractivity contribution in [2.24, 2.45) is 7.05 Å². The maximum atomic E-state index is 12.4. The molecule has 0 spiro atoms. The monoisotopic (exact) mass is 370 g/mol. The first-order valence-electron chi connectivity index (χ1n) is 8.16. The number of hydrazine groups is 1. The molecule has 4 rings (SSSR count). The highest BCUT2D eigenvalue weighted by molar-refractivity contribution is 7.99. The number of benzene rings is 1. The third-order valence-electron chi connectivity index (χ3n) is 4.11. The van der Waals surface area contributed by atoms with Crippen LogP contribution in [0.3, 0.4) is 0 Å². The number of amides is 1. The Kier molecular flexibility index (Phi) is 4.74. The van der Waals surface area contributed by atoms with Crippen LogP contribution in [0.1, 0.15) is 18.2 Å². The second kappa shape index (κ2) is 7.32. The van der Waals surface area contributed by atoms with E-state index in [-0.39, 0.29) is 18.0 Å². The fourth-order valence-corrected chi connectivity index (χ4v) is 3.47. The van der Waals surface area contributed by atoms with Crippen LogP contribution in [0.15, 0.2) is 63.5 Å². The molecule has 1 saturated heterocycles. The van der Waals surface area contributed by atoms with Crippen molar-refractivity contribution in [1.29, 1.82) is 0 Å². The molecule has 134 valence electrons. The van der Waals surface area contributed by atoms with Crippen LogP contribution in [0.5, 0.6) is 0 Å². The Morgan fingerprint density at radius 1 is 1.31 bits per heavy atom. The lowest BCUT2D eigenvalue weighted by Gasteiger charge is -2.11. The van der Waals surface area contributed by atoms with Gasteiger partial charge in [0.25, 0.3) is 0 Å². The summed E-state index contributed by atoms with van der Waals surface area (Å²) in [5.74, 6) is 0.734. The lowest BCUT2D eigenvalue weighted by molar-refractivity contribution is -0.117. The van der Waals surface area contributed by atoms with Crippen LogP contribution in [0.25, 0.3) is 0 Å². The van der Waals surface area contributed by atoms with Crippen LogP contribution in [0.4, 0.5) is 5.69 Å². The van der Waals surface area contributed by atoms with Crippen molar-refractivity contribution in [3.63, 3.8) is 0 Å². The highest BCUT2D eigenvalue weighted by Crippen LogP contribution is 2.27. The predicted molar refractivity (Wildman–Crippen MR) is 96.3 cm³/mol. The normalized spacial score (nSPS) is 19.6. The third kappa shape index (κ3) is 3.64. The summed E-state index contributed by atoms with van der Waals surface area (Å²) in [5, 5.41) is 11.6. The summed E-state index contributed by atoms with van der Waals surface area (Å²) in [4.78, 5) is 13.5.